The van der Waals surface area contributed by atoms with E-state index in [1.807, 2.05) is 0 Å². The van der Waals surface area contributed by atoms with Gasteiger partial charge in [-0.3, -0.25) is 4.99 Å². The van der Waals surface area contributed by atoms with Gasteiger partial charge in [-0.05, 0) is 12.3 Å². The second kappa shape index (κ2) is 3.04. The molecule has 0 saturated heterocycles. The monoisotopic (exact) mass is 141 g/mol. The Labute approximate surface area is 62.3 Å². The van der Waals surface area contributed by atoms with Gasteiger partial charge in [-0.2, -0.15) is 0 Å². The van der Waals surface area contributed by atoms with Crippen molar-refractivity contribution in [2.45, 2.75) is 20.3 Å². The third kappa shape index (κ3) is 1.49. The Hall–Kier alpha value is -0.530. The summed E-state index contributed by atoms with van der Waals surface area (Å²) in [5, 5.41) is 0. The highest BCUT2D eigenvalue weighted by atomic mass is 16.5. The highest BCUT2D eigenvalue weighted by Crippen LogP contribution is 2.19. The third-order valence-corrected chi connectivity index (χ3v) is 1.95. The number of hydrogen-bond donors (Lipinski definition) is 0. The molecule has 0 aliphatic carbocycles. The topological polar surface area (TPSA) is 21.6 Å². The molecule has 0 aromatic rings. The van der Waals surface area contributed by atoms with Crippen molar-refractivity contribution in [2.24, 2.45) is 16.8 Å². The Morgan fingerprint density at radius 3 is 2.70 bits per heavy atom. The third-order valence-electron chi connectivity index (χ3n) is 1.95. The highest BCUT2D eigenvalue weighted by molar-refractivity contribution is 5.78. The summed E-state index contributed by atoms with van der Waals surface area (Å²) < 4.78 is 5.10. The molecular weight excluding hydrogens is 126 g/mol. The average Bonchev–Trinajstić information content (AvgIpc) is 1.88. The van der Waals surface area contributed by atoms with Crippen LogP contribution in [0.5, 0.6) is 0 Å². The molecule has 0 fully saturated rings. The Morgan fingerprint density at radius 1 is 1.50 bits per heavy atom. The predicted molar refractivity (Wildman–Crippen MR) is 42.3 cm³/mol. The number of nitrogens with zero attached hydrogens (tertiary/aromatic N) is 1. The number of ether oxygens (including phenoxy) is 1. The lowest BCUT2D eigenvalue weighted by Gasteiger charge is -2.22. The van der Waals surface area contributed by atoms with Crippen LogP contribution in [0.25, 0.3) is 0 Å². The van der Waals surface area contributed by atoms with E-state index >= 15 is 0 Å². The summed E-state index contributed by atoms with van der Waals surface area (Å²) in [7, 11) is 1.70. The lowest BCUT2D eigenvalue weighted by molar-refractivity contribution is 0.329. The molecule has 0 spiro atoms. The summed E-state index contributed by atoms with van der Waals surface area (Å²) in [4.78, 5) is 4.30. The molecule has 0 bridgehead atoms. The maximum absolute atomic E-state index is 5.10. The van der Waals surface area contributed by atoms with E-state index in [1.165, 1.54) is 6.42 Å². The quantitative estimate of drug-likeness (QED) is 0.503. The lowest BCUT2D eigenvalue weighted by Crippen LogP contribution is -2.23. The molecule has 2 nitrogen and oxygen atoms in total. The number of aliphatic imine (C=N–C) groups is 1. The summed E-state index contributed by atoms with van der Waals surface area (Å²) in [6.07, 6.45) is 1.21. The van der Waals surface area contributed by atoms with Gasteiger partial charge >= 0.3 is 0 Å². The number of hydrogen-bond acceptors (Lipinski definition) is 2. The first-order chi connectivity index (χ1) is 4.74. The molecule has 0 aromatic carbocycles. The van der Waals surface area contributed by atoms with E-state index in [4.69, 9.17) is 4.74 Å². The second-order valence-corrected chi connectivity index (χ2v) is 3.12. The first-order valence-corrected chi connectivity index (χ1v) is 3.82. The maximum Gasteiger partial charge on any atom is 0.185 e. The molecule has 0 saturated carbocycles. The van der Waals surface area contributed by atoms with Crippen LogP contribution in [0.1, 0.15) is 20.3 Å². The van der Waals surface area contributed by atoms with E-state index in [-0.39, 0.29) is 0 Å². The number of rotatable bonds is 0. The largest absolute Gasteiger partial charge is 0.484 e. The van der Waals surface area contributed by atoms with E-state index < -0.39 is 0 Å². The SMILES string of the molecule is COC1=NCC(C)CC1C. The minimum absolute atomic E-state index is 0.522. The summed E-state index contributed by atoms with van der Waals surface area (Å²) in [6.45, 7) is 5.33. The normalized spacial score (nSPS) is 33.3. The highest BCUT2D eigenvalue weighted by Gasteiger charge is 2.19. The van der Waals surface area contributed by atoms with Gasteiger partial charge in [0, 0.05) is 12.5 Å². The van der Waals surface area contributed by atoms with Gasteiger partial charge in [0.05, 0.1) is 7.11 Å². The summed E-state index contributed by atoms with van der Waals surface area (Å²) >= 11 is 0. The Morgan fingerprint density at radius 2 is 2.20 bits per heavy atom. The first kappa shape index (κ1) is 7.58. The molecule has 2 unspecified atom stereocenters. The molecule has 2 atom stereocenters. The van der Waals surface area contributed by atoms with Gasteiger partial charge in [-0.15, -0.1) is 0 Å². The molecule has 1 aliphatic heterocycles. The minimum atomic E-state index is 0.522. The van der Waals surface area contributed by atoms with Crippen molar-refractivity contribution in [1.29, 1.82) is 0 Å². The van der Waals surface area contributed by atoms with Crippen molar-refractivity contribution in [3.8, 4) is 0 Å². The van der Waals surface area contributed by atoms with Crippen LogP contribution < -0.4 is 0 Å². The summed E-state index contributed by atoms with van der Waals surface area (Å²) in [6, 6.07) is 0. The summed E-state index contributed by atoms with van der Waals surface area (Å²) in [5.41, 5.74) is 0. The van der Waals surface area contributed by atoms with Crippen molar-refractivity contribution >= 4 is 5.90 Å². The molecule has 0 amide bonds. The van der Waals surface area contributed by atoms with Crippen LogP contribution in [0.2, 0.25) is 0 Å². The van der Waals surface area contributed by atoms with Gasteiger partial charge < -0.3 is 4.74 Å². The van der Waals surface area contributed by atoms with Gasteiger partial charge in [0.25, 0.3) is 0 Å². The Bertz CT molecular complexity index is 142. The molecule has 0 aromatic heterocycles. The van der Waals surface area contributed by atoms with Gasteiger partial charge in [0.15, 0.2) is 5.90 Å². The Kier molecular flexibility index (Phi) is 2.30. The van der Waals surface area contributed by atoms with Gasteiger partial charge in [0.2, 0.25) is 0 Å². The van der Waals surface area contributed by atoms with Crippen LogP contribution in [-0.2, 0) is 4.74 Å². The van der Waals surface area contributed by atoms with E-state index in [0.717, 1.165) is 18.4 Å². The van der Waals surface area contributed by atoms with E-state index in [2.05, 4.69) is 18.8 Å². The fourth-order valence-corrected chi connectivity index (χ4v) is 1.45. The standard InChI is InChI=1S/C8H15NO/c1-6-4-7(2)8(10-3)9-5-6/h6-7H,4-5H2,1-3H3. The van der Waals surface area contributed by atoms with Crippen LogP contribution in [-0.4, -0.2) is 19.6 Å². The first-order valence-electron chi connectivity index (χ1n) is 3.82. The van der Waals surface area contributed by atoms with Gasteiger partial charge in [0.1, 0.15) is 0 Å². The van der Waals surface area contributed by atoms with Gasteiger partial charge in [-0.25, -0.2) is 0 Å². The van der Waals surface area contributed by atoms with Crippen LogP contribution >= 0.6 is 0 Å². The smallest absolute Gasteiger partial charge is 0.185 e. The maximum atomic E-state index is 5.10. The van der Waals surface area contributed by atoms with Crippen LogP contribution in [0.3, 0.4) is 0 Å². The number of methoxy groups -OCH3 is 1. The molecule has 10 heavy (non-hydrogen) atoms. The van der Waals surface area contributed by atoms with E-state index in [9.17, 15) is 0 Å². The zero-order chi connectivity index (χ0) is 7.56. The fourth-order valence-electron chi connectivity index (χ4n) is 1.45. The van der Waals surface area contributed by atoms with E-state index in [1.54, 1.807) is 7.11 Å². The van der Waals surface area contributed by atoms with Crippen molar-refractivity contribution in [3.05, 3.63) is 0 Å². The van der Waals surface area contributed by atoms with Crippen LogP contribution in [0, 0.1) is 11.8 Å². The lowest BCUT2D eigenvalue weighted by atomic mass is 9.94. The molecule has 58 valence electrons. The molecular formula is C8H15NO. The van der Waals surface area contributed by atoms with Crippen molar-refractivity contribution in [3.63, 3.8) is 0 Å². The molecule has 1 heterocycles. The molecule has 0 N–H and O–H groups in total. The zero-order valence-electron chi connectivity index (χ0n) is 6.92. The minimum Gasteiger partial charge on any atom is -0.484 e. The summed E-state index contributed by atoms with van der Waals surface area (Å²) in [5.74, 6) is 2.18. The second-order valence-electron chi connectivity index (χ2n) is 3.12. The molecule has 2 heteroatoms. The van der Waals surface area contributed by atoms with Crippen LogP contribution in [0.15, 0.2) is 4.99 Å². The van der Waals surface area contributed by atoms with Crippen molar-refractivity contribution in [2.75, 3.05) is 13.7 Å². The van der Waals surface area contributed by atoms with E-state index in [0.29, 0.717) is 5.92 Å². The predicted octanol–water partition coefficient (Wildman–Crippen LogP) is 1.71. The molecule has 1 rings (SSSR count). The Balaban J connectivity index is 2.57. The van der Waals surface area contributed by atoms with Gasteiger partial charge in [-0.1, -0.05) is 13.8 Å². The molecule has 1 aliphatic rings. The van der Waals surface area contributed by atoms with Crippen molar-refractivity contribution in [1.82, 2.24) is 0 Å². The zero-order valence-corrected chi connectivity index (χ0v) is 6.92. The van der Waals surface area contributed by atoms with Crippen LogP contribution in [0.4, 0.5) is 0 Å². The molecule has 0 radical (unpaired) electrons. The average molecular weight is 141 g/mol. The fraction of sp³-hybridized carbons (Fsp3) is 0.875. The van der Waals surface area contributed by atoms with Crippen molar-refractivity contribution < 1.29 is 4.74 Å².